The molecule has 0 radical (unpaired) electrons. The van der Waals surface area contributed by atoms with Gasteiger partial charge in [0.25, 0.3) is 5.92 Å². The number of rotatable bonds is 6. The molecule has 0 saturated heterocycles. The highest BCUT2D eigenvalue weighted by Crippen LogP contribution is 2.38. The zero-order valence-electron chi connectivity index (χ0n) is 29.6. The fourth-order valence-corrected chi connectivity index (χ4v) is 7.00. The second kappa shape index (κ2) is 12.1. The molecule has 272 valence electrons. The third-order valence-electron chi connectivity index (χ3n) is 9.75. The van der Waals surface area contributed by atoms with Crippen LogP contribution in [0.25, 0.3) is 34.1 Å². The van der Waals surface area contributed by atoms with Crippen LogP contribution in [0.3, 0.4) is 0 Å². The summed E-state index contributed by atoms with van der Waals surface area (Å²) in [4.78, 5) is 25.3. The van der Waals surface area contributed by atoms with E-state index >= 15 is 0 Å². The van der Waals surface area contributed by atoms with E-state index in [1.54, 1.807) is 48.4 Å². The van der Waals surface area contributed by atoms with Gasteiger partial charge in [-0.05, 0) is 38.8 Å². The van der Waals surface area contributed by atoms with Gasteiger partial charge in [-0.2, -0.15) is 22.7 Å². The molecule has 0 atom stereocenters. The summed E-state index contributed by atoms with van der Waals surface area (Å²) in [7, 11) is 0. The van der Waals surface area contributed by atoms with Crippen LogP contribution in [0.2, 0.25) is 0 Å². The molecule has 2 aromatic carbocycles. The summed E-state index contributed by atoms with van der Waals surface area (Å²) >= 11 is 0. The van der Waals surface area contributed by atoms with Crippen molar-refractivity contribution in [1.29, 1.82) is 0 Å². The lowest BCUT2D eigenvalue weighted by atomic mass is 10.1. The molecular weight excluding hydrogens is 700 g/mol. The van der Waals surface area contributed by atoms with Gasteiger partial charge in [0.05, 0.1) is 41.3 Å². The first kappa shape index (κ1) is 33.5. The Morgan fingerprint density at radius 2 is 1.17 bits per heavy atom. The van der Waals surface area contributed by atoms with Crippen LogP contribution in [-0.2, 0) is 37.8 Å². The predicted molar refractivity (Wildman–Crippen MR) is 189 cm³/mol. The first-order chi connectivity index (χ1) is 25.8. The standard InChI is InChI=1S/2C19H16F2N6/c1-11-8-22-12(2)16-24-18(25-27(11)16)19(20,21)7-14-10-26-9-13-5-3-4-6-15(13)17(26)23-14;1-11-8-22-12(2)17-24-16(25-27(11)17)7-19(20,21)15-10-26-9-13-5-3-4-6-14(13)18(26)23-15/h2*3-6,8,10H,7,9H2,1-2H3. The molecule has 54 heavy (non-hydrogen) atoms. The lowest BCUT2D eigenvalue weighted by Gasteiger charge is -2.11. The average Bonchev–Trinajstić information content (AvgIpc) is 3.97. The van der Waals surface area contributed by atoms with Crippen molar-refractivity contribution < 1.29 is 17.6 Å². The van der Waals surface area contributed by atoms with Crippen molar-refractivity contribution in [2.45, 2.75) is 65.5 Å². The Morgan fingerprint density at radius 1 is 0.611 bits per heavy atom. The van der Waals surface area contributed by atoms with E-state index in [0.29, 0.717) is 53.0 Å². The molecular formula is C38H32F4N12. The summed E-state index contributed by atoms with van der Waals surface area (Å²) < 4.78 is 66.3. The van der Waals surface area contributed by atoms with E-state index < -0.39 is 30.5 Å². The van der Waals surface area contributed by atoms with Gasteiger partial charge in [0.1, 0.15) is 17.3 Å². The van der Waals surface area contributed by atoms with Gasteiger partial charge in [-0.15, -0.1) is 5.10 Å². The highest BCUT2D eigenvalue weighted by molar-refractivity contribution is 5.66. The molecule has 0 amide bonds. The van der Waals surface area contributed by atoms with E-state index in [0.717, 1.165) is 33.8 Å². The highest BCUT2D eigenvalue weighted by atomic mass is 19.3. The van der Waals surface area contributed by atoms with E-state index in [2.05, 4.69) is 40.1 Å². The van der Waals surface area contributed by atoms with Gasteiger partial charge in [0, 0.05) is 49.0 Å². The summed E-state index contributed by atoms with van der Waals surface area (Å²) in [6.07, 6.45) is 5.22. The summed E-state index contributed by atoms with van der Waals surface area (Å²) in [6, 6.07) is 15.6. The van der Waals surface area contributed by atoms with E-state index in [-0.39, 0.29) is 11.5 Å². The average molecular weight is 733 g/mol. The van der Waals surface area contributed by atoms with Crippen LogP contribution in [0.4, 0.5) is 17.6 Å². The number of hydrogen-bond acceptors (Lipinski definition) is 8. The molecule has 2 aliphatic heterocycles. The molecule has 0 fully saturated rings. The van der Waals surface area contributed by atoms with Gasteiger partial charge in [0.2, 0.25) is 5.82 Å². The van der Waals surface area contributed by atoms with E-state index in [1.165, 1.54) is 10.7 Å². The van der Waals surface area contributed by atoms with Gasteiger partial charge in [-0.1, -0.05) is 48.5 Å². The maximum atomic E-state index is 14.9. The van der Waals surface area contributed by atoms with Crippen molar-refractivity contribution in [3.63, 3.8) is 0 Å². The van der Waals surface area contributed by atoms with Crippen LogP contribution in [0, 0.1) is 27.7 Å². The Bertz CT molecular complexity index is 2680. The molecule has 2 aliphatic rings. The van der Waals surface area contributed by atoms with Crippen molar-refractivity contribution in [3.8, 4) is 22.8 Å². The number of benzene rings is 2. The van der Waals surface area contributed by atoms with Crippen LogP contribution in [0.5, 0.6) is 0 Å². The first-order valence-corrected chi connectivity index (χ1v) is 17.3. The lowest BCUT2D eigenvalue weighted by molar-refractivity contribution is -0.0139. The number of aryl methyl sites for hydroxylation is 4. The number of hydrogen-bond donors (Lipinski definition) is 0. The van der Waals surface area contributed by atoms with Crippen molar-refractivity contribution in [1.82, 2.24) is 58.3 Å². The number of fused-ring (bicyclic) bond motifs is 8. The third-order valence-corrected chi connectivity index (χ3v) is 9.75. The van der Waals surface area contributed by atoms with Crippen LogP contribution in [0.1, 0.15) is 56.9 Å². The second-order valence-corrected chi connectivity index (χ2v) is 13.7. The minimum Gasteiger partial charge on any atom is -0.326 e. The van der Waals surface area contributed by atoms with Crippen LogP contribution in [-0.4, -0.2) is 58.3 Å². The maximum absolute atomic E-state index is 14.9. The van der Waals surface area contributed by atoms with Crippen LogP contribution in [0.15, 0.2) is 73.3 Å². The Labute approximate surface area is 305 Å². The summed E-state index contributed by atoms with van der Waals surface area (Å²) in [5.74, 6) is -5.50. The molecule has 8 heterocycles. The smallest absolute Gasteiger partial charge is 0.313 e. The Morgan fingerprint density at radius 3 is 1.78 bits per heavy atom. The molecule has 8 aromatic rings. The number of imidazole rings is 2. The Balaban J connectivity index is 0.000000142. The lowest BCUT2D eigenvalue weighted by Crippen LogP contribution is -2.19. The predicted octanol–water partition coefficient (Wildman–Crippen LogP) is 6.60. The molecule has 16 heteroatoms. The van der Waals surface area contributed by atoms with E-state index in [9.17, 15) is 17.6 Å². The molecule has 0 bridgehead atoms. The molecule has 0 aliphatic carbocycles. The van der Waals surface area contributed by atoms with Crippen molar-refractivity contribution >= 4 is 11.3 Å². The summed E-state index contributed by atoms with van der Waals surface area (Å²) in [5.41, 5.74) is 7.69. The number of halogens is 4. The van der Waals surface area contributed by atoms with Crippen molar-refractivity contribution in [2.75, 3.05) is 0 Å². The van der Waals surface area contributed by atoms with E-state index in [4.69, 9.17) is 0 Å². The second-order valence-electron chi connectivity index (χ2n) is 13.7. The summed E-state index contributed by atoms with van der Waals surface area (Å²) in [5, 5.41) is 8.26. The zero-order chi connectivity index (χ0) is 37.5. The molecule has 0 saturated carbocycles. The zero-order valence-corrected chi connectivity index (χ0v) is 29.6. The molecule has 0 unspecified atom stereocenters. The first-order valence-electron chi connectivity index (χ1n) is 17.3. The molecule has 0 N–H and O–H groups in total. The number of alkyl halides is 4. The van der Waals surface area contributed by atoms with Crippen molar-refractivity contribution in [2.24, 2.45) is 0 Å². The SMILES string of the molecule is Cc1ncc(C)n2nc(C(F)(F)Cc3cn4c(n3)-c3ccccc3C4)nc12.Cc1ncc(C)n2nc(CC(F)(F)c3cn4c(n3)-c3ccccc3C4)nc12. The largest absolute Gasteiger partial charge is 0.326 e. The van der Waals surface area contributed by atoms with Gasteiger partial charge < -0.3 is 9.13 Å². The monoisotopic (exact) mass is 732 g/mol. The normalized spacial score (nSPS) is 13.2. The van der Waals surface area contributed by atoms with Gasteiger partial charge >= 0.3 is 5.92 Å². The fraction of sp³-hybridized carbons (Fsp3) is 0.263. The van der Waals surface area contributed by atoms with Crippen LogP contribution >= 0.6 is 0 Å². The molecule has 10 rings (SSSR count). The van der Waals surface area contributed by atoms with Gasteiger partial charge in [-0.3, -0.25) is 9.97 Å². The Kier molecular flexibility index (Phi) is 7.52. The molecule has 0 spiro atoms. The van der Waals surface area contributed by atoms with Gasteiger partial charge in [-0.25, -0.2) is 29.0 Å². The quantitative estimate of drug-likeness (QED) is 0.175. The number of aromatic nitrogens is 12. The summed E-state index contributed by atoms with van der Waals surface area (Å²) in [6.45, 7) is 8.29. The minimum absolute atomic E-state index is 0.0766. The fourth-order valence-electron chi connectivity index (χ4n) is 7.00. The Hall–Kier alpha value is -6.32. The van der Waals surface area contributed by atoms with Gasteiger partial charge in [0.15, 0.2) is 17.1 Å². The van der Waals surface area contributed by atoms with E-state index in [1.807, 2.05) is 60.0 Å². The third kappa shape index (κ3) is 5.59. The topological polar surface area (TPSA) is 122 Å². The van der Waals surface area contributed by atoms with Crippen LogP contribution < -0.4 is 0 Å². The minimum atomic E-state index is -3.22. The highest BCUT2D eigenvalue weighted by Gasteiger charge is 2.40. The molecule has 6 aromatic heterocycles. The maximum Gasteiger partial charge on any atom is 0.313 e. The molecule has 12 nitrogen and oxygen atoms in total. The van der Waals surface area contributed by atoms with Crippen molar-refractivity contribution in [3.05, 3.63) is 130 Å². The number of nitrogens with zero attached hydrogens (tertiary/aromatic N) is 12.